The van der Waals surface area contributed by atoms with Crippen molar-refractivity contribution in [2.75, 3.05) is 31.2 Å². The fourth-order valence-corrected chi connectivity index (χ4v) is 3.93. The van der Waals surface area contributed by atoms with Crippen LogP contribution in [0.15, 0.2) is 0 Å². The second-order valence-corrected chi connectivity index (χ2v) is 7.10. The third-order valence-electron chi connectivity index (χ3n) is 4.22. The smallest absolute Gasteiger partial charge is 0.221 e. The molecule has 0 aromatic carbocycles. The molecule has 0 bridgehead atoms. The Hall–Kier alpha value is 0.0300. The van der Waals surface area contributed by atoms with Crippen molar-refractivity contribution in [2.45, 2.75) is 51.2 Å². The van der Waals surface area contributed by atoms with Gasteiger partial charge in [-0.1, -0.05) is 19.8 Å². The molecular formula is C15H29ClN2O2S. The summed E-state index contributed by atoms with van der Waals surface area (Å²) in [5.74, 6) is 3.02. The molecule has 124 valence electrons. The lowest BCUT2D eigenvalue weighted by atomic mass is 9.88. The monoisotopic (exact) mass is 336 g/mol. The first-order valence-corrected chi connectivity index (χ1v) is 9.10. The number of nitrogens with one attached hydrogen (secondary N) is 2. The van der Waals surface area contributed by atoms with Crippen molar-refractivity contribution >= 4 is 30.1 Å². The zero-order valence-electron chi connectivity index (χ0n) is 12.9. The van der Waals surface area contributed by atoms with Crippen molar-refractivity contribution in [3.63, 3.8) is 0 Å². The fraction of sp³-hybridized carbons (Fsp3) is 0.933. The molecule has 1 heterocycles. The van der Waals surface area contributed by atoms with Crippen LogP contribution in [-0.2, 0) is 9.53 Å². The molecule has 21 heavy (non-hydrogen) atoms. The summed E-state index contributed by atoms with van der Waals surface area (Å²) in [6.07, 6.45) is 6.07. The zero-order chi connectivity index (χ0) is 14.2. The SMILES string of the molecule is CC1CCCCC1OCCNC(=O)CC1CSCCN1.Cl. The van der Waals surface area contributed by atoms with Crippen LogP contribution in [0.3, 0.4) is 0 Å². The van der Waals surface area contributed by atoms with Crippen LogP contribution in [-0.4, -0.2) is 49.3 Å². The summed E-state index contributed by atoms with van der Waals surface area (Å²) in [5.41, 5.74) is 0. The normalized spacial score (nSPS) is 29.5. The molecule has 2 fully saturated rings. The van der Waals surface area contributed by atoms with Crippen molar-refractivity contribution < 1.29 is 9.53 Å². The molecule has 3 unspecified atom stereocenters. The zero-order valence-corrected chi connectivity index (χ0v) is 14.6. The molecule has 2 rings (SSSR count). The molecular weight excluding hydrogens is 308 g/mol. The van der Waals surface area contributed by atoms with E-state index in [1.165, 1.54) is 25.7 Å². The van der Waals surface area contributed by atoms with Crippen molar-refractivity contribution in [1.82, 2.24) is 10.6 Å². The first-order chi connectivity index (χ1) is 9.75. The third kappa shape index (κ3) is 7.22. The van der Waals surface area contributed by atoms with E-state index in [4.69, 9.17) is 4.74 Å². The van der Waals surface area contributed by atoms with Crippen LogP contribution >= 0.6 is 24.2 Å². The Morgan fingerprint density at radius 3 is 2.90 bits per heavy atom. The molecule has 3 atom stereocenters. The predicted octanol–water partition coefficient (Wildman–Crippen LogP) is 2.21. The van der Waals surface area contributed by atoms with Gasteiger partial charge in [-0.2, -0.15) is 11.8 Å². The number of rotatable bonds is 6. The number of ether oxygens (including phenoxy) is 1. The summed E-state index contributed by atoms with van der Waals surface area (Å²) >= 11 is 1.93. The number of hydrogen-bond acceptors (Lipinski definition) is 4. The van der Waals surface area contributed by atoms with Crippen molar-refractivity contribution in [3.8, 4) is 0 Å². The van der Waals surface area contributed by atoms with Gasteiger partial charge < -0.3 is 15.4 Å². The molecule has 0 aromatic heterocycles. The van der Waals surface area contributed by atoms with Gasteiger partial charge in [0, 0.05) is 37.1 Å². The standard InChI is InChI=1S/C15H28N2O2S.ClH/c1-12-4-2-3-5-14(12)19-8-6-17-15(18)10-13-11-20-9-7-16-13;/h12-14,16H,2-11H2,1H3,(H,17,18);1H. The quantitative estimate of drug-likeness (QED) is 0.730. The van der Waals surface area contributed by atoms with Crippen LogP contribution in [0.2, 0.25) is 0 Å². The van der Waals surface area contributed by atoms with Crippen molar-refractivity contribution in [2.24, 2.45) is 5.92 Å². The van der Waals surface area contributed by atoms with Crippen molar-refractivity contribution in [1.29, 1.82) is 0 Å². The molecule has 0 spiro atoms. The fourth-order valence-electron chi connectivity index (χ4n) is 2.98. The van der Waals surface area contributed by atoms with Gasteiger partial charge in [-0.05, 0) is 18.8 Å². The third-order valence-corrected chi connectivity index (χ3v) is 5.35. The van der Waals surface area contributed by atoms with Gasteiger partial charge in [0.05, 0.1) is 12.7 Å². The van der Waals surface area contributed by atoms with Gasteiger partial charge in [-0.15, -0.1) is 12.4 Å². The summed E-state index contributed by atoms with van der Waals surface area (Å²) in [6.45, 7) is 4.58. The molecule has 2 N–H and O–H groups in total. The van der Waals surface area contributed by atoms with E-state index < -0.39 is 0 Å². The lowest BCUT2D eigenvalue weighted by Crippen LogP contribution is -2.42. The molecule has 1 amide bonds. The number of hydrogen-bond donors (Lipinski definition) is 2. The van der Waals surface area contributed by atoms with E-state index in [1.54, 1.807) is 0 Å². The van der Waals surface area contributed by atoms with Gasteiger partial charge in [0.25, 0.3) is 0 Å². The average molecular weight is 337 g/mol. The largest absolute Gasteiger partial charge is 0.376 e. The molecule has 1 aliphatic carbocycles. The van der Waals surface area contributed by atoms with E-state index in [-0.39, 0.29) is 18.3 Å². The summed E-state index contributed by atoms with van der Waals surface area (Å²) in [4.78, 5) is 11.8. The maximum absolute atomic E-state index is 11.8. The number of halogens is 1. The van der Waals surface area contributed by atoms with Crippen LogP contribution in [0.4, 0.5) is 0 Å². The molecule has 1 saturated heterocycles. The van der Waals surface area contributed by atoms with E-state index >= 15 is 0 Å². The highest BCUT2D eigenvalue weighted by atomic mass is 35.5. The highest BCUT2D eigenvalue weighted by Gasteiger charge is 2.21. The Labute approximate surface area is 138 Å². The molecule has 1 aliphatic heterocycles. The average Bonchev–Trinajstić information content (AvgIpc) is 2.46. The lowest BCUT2D eigenvalue weighted by Gasteiger charge is -2.28. The maximum Gasteiger partial charge on any atom is 0.221 e. The summed E-state index contributed by atoms with van der Waals surface area (Å²) in [7, 11) is 0. The van der Waals surface area contributed by atoms with Crippen LogP contribution < -0.4 is 10.6 Å². The molecule has 4 nitrogen and oxygen atoms in total. The number of carbonyl (C=O) groups excluding carboxylic acids is 1. The molecule has 1 saturated carbocycles. The molecule has 6 heteroatoms. The second-order valence-electron chi connectivity index (χ2n) is 5.95. The van der Waals surface area contributed by atoms with Gasteiger partial charge in [-0.25, -0.2) is 0 Å². The molecule has 0 aromatic rings. The first kappa shape index (κ1) is 19.1. The Bertz CT molecular complexity index is 301. The minimum Gasteiger partial charge on any atom is -0.376 e. The Kier molecular flexibility index (Phi) is 9.73. The first-order valence-electron chi connectivity index (χ1n) is 7.95. The maximum atomic E-state index is 11.8. The van der Waals surface area contributed by atoms with Gasteiger partial charge in [0.1, 0.15) is 0 Å². The van der Waals surface area contributed by atoms with E-state index in [9.17, 15) is 4.79 Å². The van der Waals surface area contributed by atoms with Gasteiger partial charge in [0.15, 0.2) is 0 Å². The minimum atomic E-state index is 0. The van der Waals surface area contributed by atoms with Crippen LogP contribution in [0.1, 0.15) is 39.0 Å². The van der Waals surface area contributed by atoms with E-state index in [1.807, 2.05) is 11.8 Å². The van der Waals surface area contributed by atoms with Gasteiger partial charge in [-0.3, -0.25) is 4.79 Å². The number of amides is 1. The number of carbonyl (C=O) groups is 1. The topological polar surface area (TPSA) is 50.4 Å². The Balaban J connectivity index is 0.00000220. The highest BCUT2D eigenvalue weighted by molar-refractivity contribution is 7.99. The highest BCUT2D eigenvalue weighted by Crippen LogP contribution is 2.25. The minimum absolute atomic E-state index is 0. The van der Waals surface area contributed by atoms with Gasteiger partial charge in [0.2, 0.25) is 5.91 Å². The lowest BCUT2D eigenvalue weighted by molar-refractivity contribution is -0.122. The van der Waals surface area contributed by atoms with Crippen LogP contribution in [0, 0.1) is 5.92 Å². The summed E-state index contributed by atoms with van der Waals surface area (Å²) in [6, 6.07) is 0.341. The van der Waals surface area contributed by atoms with E-state index in [0.29, 0.717) is 37.6 Å². The Morgan fingerprint density at radius 2 is 2.19 bits per heavy atom. The van der Waals surface area contributed by atoms with Gasteiger partial charge >= 0.3 is 0 Å². The Morgan fingerprint density at radius 1 is 1.38 bits per heavy atom. The van der Waals surface area contributed by atoms with E-state index in [0.717, 1.165) is 18.1 Å². The van der Waals surface area contributed by atoms with Crippen molar-refractivity contribution in [3.05, 3.63) is 0 Å². The van der Waals surface area contributed by atoms with Crippen LogP contribution in [0.5, 0.6) is 0 Å². The number of thioether (sulfide) groups is 1. The molecule has 2 aliphatic rings. The summed E-state index contributed by atoms with van der Waals surface area (Å²) < 4.78 is 5.90. The predicted molar refractivity (Wildman–Crippen MR) is 91.4 cm³/mol. The molecule has 0 radical (unpaired) electrons. The second kappa shape index (κ2) is 10.7. The van der Waals surface area contributed by atoms with Crippen LogP contribution in [0.25, 0.3) is 0 Å². The van der Waals surface area contributed by atoms with E-state index in [2.05, 4.69) is 17.6 Å². The summed E-state index contributed by atoms with van der Waals surface area (Å²) in [5, 5.41) is 6.36.